The van der Waals surface area contributed by atoms with Gasteiger partial charge >= 0.3 is 5.69 Å². The van der Waals surface area contributed by atoms with Crippen LogP contribution in [0.1, 0.15) is 17.3 Å². The lowest BCUT2D eigenvalue weighted by Gasteiger charge is -2.37. The van der Waals surface area contributed by atoms with Crippen molar-refractivity contribution >= 4 is 23.2 Å². The first-order valence-electron chi connectivity index (χ1n) is 5.58. The molecule has 0 spiro atoms. The summed E-state index contributed by atoms with van der Waals surface area (Å²) in [6, 6.07) is 1.28. The monoisotopic (exact) mass is 285 g/mol. The Labute approximate surface area is 114 Å². The second kappa shape index (κ2) is 5.10. The van der Waals surface area contributed by atoms with E-state index in [1.807, 2.05) is 6.92 Å². The van der Waals surface area contributed by atoms with E-state index in [9.17, 15) is 14.9 Å². The largest absolute Gasteiger partial charge is 0.380 e. The first-order valence-corrected chi connectivity index (χ1v) is 5.96. The number of carbonyl (C=O) groups is 1. The number of nitro groups is 1. The molecule has 1 aromatic rings. The molecule has 2 heterocycles. The van der Waals surface area contributed by atoms with Crippen LogP contribution in [0.15, 0.2) is 12.3 Å². The van der Waals surface area contributed by atoms with E-state index in [0.29, 0.717) is 19.8 Å². The molecule has 1 aromatic heterocycles. The number of amides is 1. The second-order valence-corrected chi connectivity index (χ2v) is 5.10. The molecule has 0 saturated carbocycles. The zero-order valence-corrected chi connectivity index (χ0v) is 10.9. The molecule has 7 nitrogen and oxygen atoms in total. The lowest BCUT2D eigenvalue weighted by molar-refractivity contribution is -0.385. The number of ether oxygens (including phenoxy) is 1. The zero-order chi connectivity index (χ0) is 14.0. The summed E-state index contributed by atoms with van der Waals surface area (Å²) in [6.07, 6.45) is 1.26. The van der Waals surface area contributed by atoms with E-state index in [1.54, 1.807) is 0 Å². The van der Waals surface area contributed by atoms with Crippen molar-refractivity contribution in [2.75, 3.05) is 19.8 Å². The zero-order valence-electron chi connectivity index (χ0n) is 10.2. The molecule has 0 unspecified atom stereocenters. The standard InChI is InChI=1S/C11H12ClN3O4/c1-11(5-19-6-11)4-14-10(16)7-2-3-13-9(12)8(7)15(17)18/h2-3H,4-6H2,1H3,(H,14,16). The highest BCUT2D eigenvalue weighted by atomic mass is 35.5. The van der Waals surface area contributed by atoms with Crippen molar-refractivity contribution in [1.29, 1.82) is 0 Å². The highest BCUT2D eigenvalue weighted by molar-refractivity contribution is 6.32. The molecular weight excluding hydrogens is 274 g/mol. The smallest absolute Gasteiger partial charge is 0.319 e. The number of halogens is 1. The lowest BCUT2D eigenvalue weighted by atomic mass is 9.88. The SMILES string of the molecule is CC1(CNC(=O)c2ccnc(Cl)c2[N+](=O)[O-])COC1. The molecule has 0 bridgehead atoms. The number of hydrogen-bond acceptors (Lipinski definition) is 5. The van der Waals surface area contributed by atoms with E-state index < -0.39 is 16.5 Å². The van der Waals surface area contributed by atoms with Crippen molar-refractivity contribution in [2.45, 2.75) is 6.92 Å². The number of nitrogens with zero attached hydrogens (tertiary/aromatic N) is 2. The highest BCUT2D eigenvalue weighted by Gasteiger charge is 2.34. The summed E-state index contributed by atoms with van der Waals surface area (Å²) in [6.45, 7) is 3.48. The van der Waals surface area contributed by atoms with Gasteiger partial charge in [-0.15, -0.1) is 0 Å². The predicted octanol–water partition coefficient (Wildman–Crippen LogP) is 1.41. The van der Waals surface area contributed by atoms with Crippen molar-refractivity contribution in [1.82, 2.24) is 10.3 Å². The first-order chi connectivity index (χ1) is 8.93. The molecule has 0 radical (unpaired) electrons. The van der Waals surface area contributed by atoms with Crippen molar-refractivity contribution in [3.63, 3.8) is 0 Å². The van der Waals surface area contributed by atoms with Crippen LogP contribution in [-0.4, -0.2) is 35.6 Å². The molecule has 2 rings (SSSR count). The van der Waals surface area contributed by atoms with Gasteiger partial charge in [0.05, 0.1) is 18.1 Å². The van der Waals surface area contributed by atoms with Gasteiger partial charge in [0.25, 0.3) is 5.91 Å². The van der Waals surface area contributed by atoms with Gasteiger partial charge in [-0.3, -0.25) is 14.9 Å². The number of nitrogens with one attached hydrogen (secondary N) is 1. The minimum Gasteiger partial charge on any atom is -0.380 e. The Morgan fingerprint density at radius 1 is 1.68 bits per heavy atom. The maximum Gasteiger partial charge on any atom is 0.319 e. The molecule has 19 heavy (non-hydrogen) atoms. The Morgan fingerprint density at radius 3 is 2.89 bits per heavy atom. The van der Waals surface area contributed by atoms with Crippen molar-refractivity contribution < 1.29 is 14.5 Å². The maximum absolute atomic E-state index is 12.0. The fraction of sp³-hybridized carbons (Fsp3) is 0.455. The second-order valence-electron chi connectivity index (χ2n) is 4.74. The number of pyridine rings is 1. The average Bonchev–Trinajstić information content (AvgIpc) is 2.32. The highest BCUT2D eigenvalue weighted by Crippen LogP contribution is 2.27. The van der Waals surface area contributed by atoms with Gasteiger partial charge in [0, 0.05) is 18.2 Å². The van der Waals surface area contributed by atoms with Crippen LogP contribution >= 0.6 is 11.6 Å². The third-order valence-electron chi connectivity index (χ3n) is 2.88. The average molecular weight is 286 g/mol. The number of rotatable bonds is 4. The van der Waals surface area contributed by atoms with Gasteiger partial charge < -0.3 is 10.1 Å². The predicted molar refractivity (Wildman–Crippen MR) is 67.2 cm³/mol. The van der Waals surface area contributed by atoms with Crippen LogP contribution in [0.4, 0.5) is 5.69 Å². The minimum absolute atomic E-state index is 0.0890. The van der Waals surface area contributed by atoms with Crippen LogP contribution in [0, 0.1) is 15.5 Å². The van der Waals surface area contributed by atoms with E-state index in [2.05, 4.69) is 10.3 Å². The summed E-state index contributed by atoms with van der Waals surface area (Å²) in [5.74, 6) is -0.538. The summed E-state index contributed by atoms with van der Waals surface area (Å²) < 4.78 is 5.07. The Hall–Kier alpha value is -1.73. The number of hydrogen-bond donors (Lipinski definition) is 1. The fourth-order valence-electron chi connectivity index (χ4n) is 1.73. The van der Waals surface area contributed by atoms with Crippen LogP contribution in [0.2, 0.25) is 5.15 Å². The number of aromatic nitrogens is 1. The van der Waals surface area contributed by atoms with Gasteiger partial charge in [-0.2, -0.15) is 0 Å². The van der Waals surface area contributed by atoms with Crippen molar-refractivity contribution in [2.24, 2.45) is 5.41 Å². The van der Waals surface area contributed by atoms with Gasteiger partial charge in [-0.1, -0.05) is 18.5 Å². The van der Waals surface area contributed by atoms with Crippen LogP contribution in [0.5, 0.6) is 0 Å². The molecule has 1 aliphatic heterocycles. The number of carbonyl (C=O) groups excluding carboxylic acids is 1. The summed E-state index contributed by atoms with van der Waals surface area (Å²) in [5, 5.41) is 13.3. The van der Waals surface area contributed by atoms with Crippen molar-refractivity contribution in [3.8, 4) is 0 Å². The summed E-state index contributed by atoms with van der Waals surface area (Å²) in [7, 11) is 0. The van der Waals surface area contributed by atoms with E-state index in [-0.39, 0.29) is 16.1 Å². The Morgan fingerprint density at radius 2 is 2.37 bits per heavy atom. The molecule has 1 saturated heterocycles. The van der Waals surface area contributed by atoms with Crippen LogP contribution in [0.3, 0.4) is 0 Å². The Balaban J connectivity index is 2.14. The van der Waals surface area contributed by atoms with E-state index >= 15 is 0 Å². The Bertz CT molecular complexity index is 531. The van der Waals surface area contributed by atoms with Gasteiger partial charge in [-0.05, 0) is 6.07 Å². The molecule has 1 aliphatic rings. The molecule has 0 atom stereocenters. The minimum atomic E-state index is -0.710. The molecular formula is C11H12ClN3O4. The fourth-order valence-corrected chi connectivity index (χ4v) is 1.95. The van der Waals surface area contributed by atoms with Gasteiger partial charge in [0.15, 0.2) is 0 Å². The van der Waals surface area contributed by atoms with E-state index in [0.717, 1.165) is 0 Å². The summed E-state index contributed by atoms with van der Waals surface area (Å²) in [4.78, 5) is 25.8. The molecule has 0 aliphatic carbocycles. The normalized spacial score (nSPS) is 16.5. The third kappa shape index (κ3) is 2.82. The molecule has 1 N–H and O–H groups in total. The van der Waals surface area contributed by atoms with Gasteiger partial charge in [0.1, 0.15) is 5.56 Å². The Kier molecular flexibility index (Phi) is 3.68. The van der Waals surface area contributed by atoms with Gasteiger partial charge in [-0.25, -0.2) is 4.98 Å². The van der Waals surface area contributed by atoms with Crippen LogP contribution in [0.25, 0.3) is 0 Å². The molecule has 102 valence electrons. The van der Waals surface area contributed by atoms with E-state index in [4.69, 9.17) is 16.3 Å². The quantitative estimate of drug-likeness (QED) is 0.513. The maximum atomic E-state index is 12.0. The van der Waals surface area contributed by atoms with Gasteiger partial charge in [0.2, 0.25) is 5.15 Å². The molecule has 0 aromatic carbocycles. The summed E-state index contributed by atoms with van der Waals surface area (Å²) in [5.41, 5.74) is -0.674. The topological polar surface area (TPSA) is 94.4 Å². The third-order valence-corrected chi connectivity index (χ3v) is 3.16. The van der Waals surface area contributed by atoms with Crippen LogP contribution in [-0.2, 0) is 4.74 Å². The van der Waals surface area contributed by atoms with Crippen LogP contribution < -0.4 is 5.32 Å². The van der Waals surface area contributed by atoms with Crippen molar-refractivity contribution in [3.05, 3.63) is 33.1 Å². The lowest BCUT2D eigenvalue weighted by Crippen LogP contribution is -2.48. The molecule has 1 fully saturated rings. The van der Waals surface area contributed by atoms with E-state index in [1.165, 1.54) is 12.3 Å². The summed E-state index contributed by atoms with van der Waals surface area (Å²) >= 11 is 5.64. The molecule has 1 amide bonds. The first kappa shape index (κ1) is 13.7. The molecule has 8 heteroatoms.